The van der Waals surface area contributed by atoms with Crippen molar-refractivity contribution in [2.75, 3.05) is 18.6 Å². The van der Waals surface area contributed by atoms with E-state index in [1.807, 2.05) is 0 Å². The van der Waals surface area contributed by atoms with Gasteiger partial charge in [0.25, 0.3) is 5.88 Å². The van der Waals surface area contributed by atoms with Crippen LogP contribution in [0.2, 0.25) is 5.02 Å². The molecule has 1 amide bonds. The minimum Gasteiger partial charge on any atom is -0.469 e. The summed E-state index contributed by atoms with van der Waals surface area (Å²) in [4.78, 5) is 24.4. The summed E-state index contributed by atoms with van der Waals surface area (Å²) >= 11 is 5.95. The summed E-state index contributed by atoms with van der Waals surface area (Å²) in [5.74, 6) is -0.916. The minimum absolute atomic E-state index is 0.1000. The molecule has 1 unspecified atom stereocenters. The summed E-state index contributed by atoms with van der Waals surface area (Å²) in [6, 6.07) is 0. The van der Waals surface area contributed by atoms with Crippen LogP contribution in [0, 0.1) is 12.8 Å². The zero-order valence-electron chi connectivity index (χ0n) is 9.40. The molecule has 2 rings (SSSR count). The highest BCUT2D eigenvalue weighted by Gasteiger charge is 2.38. The zero-order chi connectivity index (χ0) is 12.6. The molecule has 0 saturated carbocycles. The fourth-order valence-electron chi connectivity index (χ4n) is 1.74. The van der Waals surface area contributed by atoms with Crippen LogP contribution < -0.4 is 4.90 Å². The van der Waals surface area contributed by atoms with Crippen molar-refractivity contribution < 1.29 is 18.8 Å². The van der Waals surface area contributed by atoms with Crippen LogP contribution in [0.3, 0.4) is 0 Å². The van der Waals surface area contributed by atoms with Gasteiger partial charge in [-0.25, -0.2) is 0 Å². The van der Waals surface area contributed by atoms with Crippen molar-refractivity contribution >= 4 is 29.4 Å². The van der Waals surface area contributed by atoms with E-state index in [-0.39, 0.29) is 24.8 Å². The van der Waals surface area contributed by atoms with E-state index in [0.29, 0.717) is 10.7 Å². The van der Waals surface area contributed by atoms with Gasteiger partial charge in [0.05, 0.1) is 13.0 Å². The third-order valence-corrected chi connectivity index (χ3v) is 3.11. The molecule has 0 bridgehead atoms. The molecular formula is C10H11ClN2O4. The number of carbonyl (C=O) groups is 2. The number of hydrogen-bond donors (Lipinski definition) is 0. The highest BCUT2D eigenvalue weighted by molar-refractivity contribution is 6.34. The Morgan fingerprint density at radius 2 is 2.35 bits per heavy atom. The van der Waals surface area contributed by atoms with Crippen molar-refractivity contribution in [2.24, 2.45) is 5.92 Å². The Morgan fingerprint density at radius 3 is 2.88 bits per heavy atom. The molecule has 1 aromatic heterocycles. The van der Waals surface area contributed by atoms with Crippen molar-refractivity contribution in [3.8, 4) is 0 Å². The van der Waals surface area contributed by atoms with Crippen molar-refractivity contribution in [1.29, 1.82) is 0 Å². The molecule has 1 saturated heterocycles. The number of carbonyl (C=O) groups excluding carboxylic acids is 2. The number of ether oxygens (including phenoxy) is 1. The first-order valence-corrected chi connectivity index (χ1v) is 5.42. The maximum Gasteiger partial charge on any atom is 0.311 e. The fraction of sp³-hybridized carbons (Fsp3) is 0.500. The molecule has 6 nitrogen and oxygen atoms in total. The number of rotatable bonds is 2. The number of amides is 1. The maximum absolute atomic E-state index is 11.7. The van der Waals surface area contributed by atoms with Crippen LogP contribution in [-0.2, 0) is 14.3 Å². The SMILES string of the molecule is COC(=O)C1CC(=O)N(c2onc(C)c2Cl)C1. The van der Waals surface area contributed by atoms with Gasteiger partial charge in [0.1, 0.15) is 10.7 Å². The first-order valence-electron chi connectivity index (χ1n) is 5.04. The van der Waals surface area contributed by atoms with E-state index < -0.39 is 11.9 Å². The molecule has 0 aliphatic carbocycles. The highest BCUT2D eigenvalue weighted by atomic mass is 35.5. The Morgan fingerprint density at radius 1 is 1.65 bits per heavy atom. The predicted molar refractivity (Wildman–Crippen MR) is 58.7 cm³/mol. The molecule has 7 heteroatoms. The van der Waals surface area contributed by atoms with Crippen molar-refractivity contribution in [3.63, 3.8) is 0 Å². The van der Waals surface area contributed by atoms with Gasteiger partial charge in [0.2, 0.25) is 5.91 Å². The molecule has 2 heterocycles. The molecule has 1 fully saturated rings. The monoisotopic (exact) mass is 258 g/mol. The van der Waals surface area contributed by atoms with E-state index in [0.717, 1.165) is 0 Å². The lowest BCUT2D eigenvalue weighted by molar-refractivity contribution is -0.145. The maximum atomic E-state index is 11.7. The number of hydrogen-bond acceptors (Lipinski definition) is 5. The Bertz CT molecular complexity index is 471. The van der Waals surface area contributed by atoms with Gasteiger partial charge >= 0.3 is 5.97 Å². The van der Waals surface area contributed by atoms with E-state index in [4.69, 9.17) is 16.1 Å². The van der Waals surface area contributed by atoms with Crippen LogP contribution >= 0.6 is 11.6 Å². The molecule has 1 aliphatic rings. The summed E-state index contributed by atoms with van der Waals surface area (Å²) in [7, 11) is 1.29. The third kappa shape index (κ3) is 2.00. The minimum atomic E-state index is -0.478. The second-order valence-corrected chi connectivity index (χ2v) is 4.19. The lowest BCUT2D eigenvalue weighted by Gasteiger charge is -2.11. The standard InChI is InChI=1S/C10H11ClN2O4/c1-5-8(11)9(17-12-5)13-4-6(3-7(13)14)10(15)16-2/h6H,3-4H2,1-2H3. The molecule has 0 radical (unpaired) electrons. The molecule has 1 aromatic rings. The average Bonchev–Trinajstić information content (AvgIpc) is 2.83. The highest BCUT2D eigenvalue weighted by Crippen LogP contribution is 2.33. The van der Waals surface area contributed by atoms with Gasteiger partial charge in [-0.2, -0.15) is 0 Å². The van der Waals surface area contributed by atoms with E-state index >= 15 is 0 Å². The van der Waals surface area contributed by atoms with Crippen LogP contribution in [0.1, 0.15) is 12.1 Å². The smallest absolute Gasteiger partial charge is 0.311 e. The lowest BCUT2D eigenvalue weighted by Crippen LogP contribution is -2.26. The Balaban J connectivity index is 2.21. The fourth-order valence-corrected chi connectivity index (χ4v) is 1.91. The summed E-state index contributed by atoms with van der Waals surface area (Å²) < 4.78 is 9.59. The van der Waals surface area contributed by atoms with Gasteiger partial charge in [-0.3, -0.25) is 14.5 Å². The molecular weight excluding hydrogens is 248 g/mol. The largest absolute Gasteiger partial charge is 0.469 e. The van der Waals surface area contributed by atoms with E-state index in [9.17, 15) is 9.59 Å². The number of esters is 1. The summed E-state index contributed by atoms with van der Waals surface area (Å²) in [6.45, 7) is 1.88. The number of aryl methyl sites for hydroxylation is 1. The topological polar surface area (TPSA) is 72.6 Å². The van der Waals surface area contributed by atoms with Crippen LogP contribution in [0.4, 0.5) is 5.88 Å². The van der Waals surface area contributed by atoms with Crippen LogP contribution in [0.25, 0.3) is 0 Å². The van der Waals surface area contributed by atoms with Gasteiger partial charge in [-0.1, -0.05) is 16.8 Å². The third-order valence-electron chi connectivity index (χ3n) is 2.68. The van der Waals surface area contributed by atoms with Crippen LogP contribution in [-0.4, -0.2) is 30.7 Å². The van der Waals surface area contributed by atoms with Gasteiger partial charge < -0.3 is 9.26 Å². The van der Waals surface area contributed by atoms with Gasteiger partial charge in [-0.05, 0) is 6.92 Å². The quantitative estimate of drug-likeness (QED) is 0.745. The van der Waals surface area contributed by atoms with Gasteiger partial charge in [-0.15, -0.1) is 0 Å². The van der Waals surface area contributed by atoms with Crippen molar-refractivity contribution in [1.82, 2.24) is 5.16 Å². The Kier molecular flexibility index (Phi) is 3.06. The molecule has 0 spiro atoms. The normalized spacial score (nSPS) is 19.8. The first kappa shape index (κ1) is 11.9. The van der Waals surface area contributed by atoms with E-state index in [2.05, 4.69) is 9.89 Å². The predicted octanol–water partition coefficient (Wildman–Crippen LogP) is 1.16. The Labute approximate surface area is 102 Å². The Hall–Kier alpha value is -1.56. The first-order chi connectivity index (χ1) is 8.04. The number of anilines is 1. The second kappa shape index (κ2) is 4.37. The molecule has 0 N–H and O–H groups in total. The zero-order valence-corrected chi connectivity index (χ0v) is 10.2. The van der Waals surface area contributed by atoms with Crippen molar-refractivity contribution in [2.45, 2.75) is 13.3 Å². The molecule has 1 aliphatic heterocycles. The van der Waals surface area contributed by atoms with Crippen molar-refractivity contribution in [3.05, 3.63) is 10.7 Å². The molecule has 92 valence electrons. The number of aromatic nitrogens is 1. The molecule has 1 atom stereocenters. The number of methoxy groups -OCH3 is 1. The summed E-state index contributed by atoms with van der Waals surface area (Å²) in [6.07, 6.45) is 0.1000. The van der Waals surface area contributed by atoms with Crippen LogP contribution in [0.15, 0.2) is 4.52 Å². The number of halogens is 1. The summed E-state index contributed by atoms with van der Waals surface area (Å²) in [5, 5.41) is 3.96. The van der Waals surface area contributed by atoms with E-state index in [1.165, 1.54) is 12.0 Å². The lowest BCUT2D eigenvalue weighted by atomic mass is 10.1. The molecule has 17 heavy (non-hydrogen) atoms. The van der Waals surface area contributed by atoms with Crippen LogP contribution in [0.5, 0.6) is 0 Å². The van der Waals surface area contributed by atoms with Gasteiger partial charge in [0.15, 0.2) is 0 Å². The molecule has 0 aromatic carbocycles. The average molecular weight is 259 g/mol. The van der Waals surface area contributed by atoms with E-state index in [1.54, 1.807) is 6.92 Å². The van der Waals surface area contributed by atoms with Gasteiger partial charge in [0, 0.05) is 13.0 Å². The second-order valence-electron chi connectivity index (χ2n) is 3.82. The number of nitrogens with zero attached hydrogens (tertiary/aromatic N) is 2. The summed E-state index contributed by atoms with van der Waals surface area (Å²) in [5.41, 5.74) is 0.510.